The van der Waals surface area contributed by atoms with E-state index in [-0.39, 0.29) is 12.5 Å². The predicted molar refractivity (Wildman–Crippen MR) is 403 cm³/mol. The number of unbranched alkanes of at least 4 members (excludes halogenated alkanes) is 34. The number of phosphoric ester groups is 1. The third kappa shape index (κ3) is 73.8. The summed E-state index contributed by atoms with van der Waals surface area (Å²) in [7, 11) is 1.23. The molecule has 1 amide bonds. The number of hydrogen-bond acceptors (Lipinski definition) is 6. The number of aliphatic hydroxyl groups is 1. The number of rotatable bonds is 69. The molecule has 0 aliphatic carbocycles. The van der Waals surface area contributed by atoms with Gasteiger partial charge in [0.25, 0.3) is 7.82 Å². The molecule has 0 saturated carbocycles. The minimum atomic E-state index is -4.63. The molecule has 0 aromatic carbocycles. The van der Waals surface area contributed by atoms with E-state index < -0.39 is 26.6 Å². The van der Waals surface area contributed by atoms with Crippen LogP contribution in [0.3, 0.4) is 0 Å². The lowest BCUT2D eigenvalue weighted by molar-refractivity contribution is -0.870. The lowest BCUT2D eigenvalue weighted by Gasteiger charge is -2.29. The first-order valence-corrected chi connectivity index (χ1v) is 39.7. The summed E-state index contributed by atoms with van der Waals surface area (Å²) < 4.78 is 23.5. The fraction of sp³-hybridized carbons (Fsp3) is 0.699. The molecule has 0 radical (unpaired) electrons. The number of carbonyl (C=O) groups is 1. The largest absolute Gasteiger partial charge is 0.756 e. The van der Waals surface area contributed by atoms with Gasteiger partial charge < -0.3 is 28.8 Å². The van der Waals surface area contributed by atoms with E-state index in [4.69, 9.17) is 9.05 Å². The van der Waals surface area contributed by atoms with Gasteiger partial charge in [0.1, 0.15) is 13.2 Å². The summed E-state index contributed by atoms with van der Waals surface area (Å²) in [4.78, 5) is 25.7. The summed E-state index contributed by atoms with van der Waals surface area (Å²) in [5, 5.41) is 14.0. The van der Waals surface area contributed by atoms with Gasteiger partial charge >= 0.3 is 0 Å². The standard InChI is InChI=1S/C83H145N2O6P/c1-6-8-10-12-14-16-18-20-22-24-26-28-30-32-34-36-38-39-40-41-42-43-44-45-47-49-51-53-55-57-59-61-63-65-67-69-71-73-75-77-83(87)84-81(80-91-92(88,89)90-79-78-85(3,4)5)82(86)76-74-72-70-68-66-64-62-60-58-56-54-52-50-48-46-37-35-33-31-29-27-25-23-21-19-17-15-13-11-9-7-2/h8,10,14,16,20,22,26,28,32,34,38-39,41-42,44-45,49,51,55,57,66,68,74,76,81-82,86H,6-7,9,11-13,15,17-19,21,23-25,27,29-31,33,35-37,40,43,46-48,50,52-54,56,58-65,67,69-73,75,77-80H2,1-5H3,(H-,84,87,88,89)/b10-8-,16-14-,22-20-,28-26-,34-32-,39-38-,42-41-,45-44-,51-49-,57-55-,68-66+,76-74+. The number of carbonyl (C=O) groups excluding carboxylic acids is 1. The van der Waals surface area contributed by atoms with Crippen LogP contribution in [-0.2, 0) is 18.4 Å². The van der Waals surface area contributed by atoms with Gasteiger partial charge in [0.15, 0.2) is 0 Å². The molecule has 0 aromatic heterocycles. The molecule has 0 aliphatic rings. The molecule has 3 unspecified atom stereocenters. The van der Waals surface area contributed by atoms with Crippen molar-refractivity contribution in [3.8, 4) is 0 Å². The number of aliphatic hydroxyl groups excluding tert-OH is 1. The molecule has 9 heteroatoms. The molecule has 0 aliphatic heterocycles. The topological polar surface area (TPSA) is 108 Å². The van der Waals surface area contributed by atoms with Crippen molar-refractivity contribution in [3.05, 3.63) is 146 Å². The van der Waals surface area contributed by atoms with Crippen LogP contribution in [0.2, 0.25) is 0 Å². The molecule has 8 nitrogen and oxygen atoms in total. The molecular weight excluding hydrogens is 1150 g/mol. The number of likely N-dealkylation sites (N-methyl/N-ethyl adjacent to an activating group) is 1. The van der Waals surface area contributed by atoms with Crippen LogP contribution in [0, 0.1) is 0 Å². The van der Waals surface area contributed by atoms with Gasteiger partial charge in [-0.3, -0.25) is 9.36 Å². The Bertz CT molecular complexity index is 2020. The van der Waals surface area contributed by atoms with Gasteiger partial charge in [0, 0.05) is 6.42 Å². The van der Waals surface area contributed by atoms with Crippen LogP contribution in [-0.4, -0.2) is 68.5 Å². The van der Waals surface area contributed by atoms with Gasteiger partial charge in [-0.1, -0.05) is 352 Å². The third-order valence-electron chi connectivity index (χ3n) is 16.5. The number of nitrogens with one attached hydrogen (secondary N) is 1. The zero-order valence-electron chi connectivity index (χ0n) is 60.5. The Hall–Kier alpha value is -3.62. The van der Waals surface area contributed by atoms with E-state index in [1.807, 2.05) is 27.2 Å². The van der Waals surface area contributed by atoms with Crippen molar-refractivity contribution in [2.75, 3.05) is 40.9 Å². The summed E-state index contributed by atoms with van der Waals surface area (Å²) in [6.45, 7) is 4.53. The fourth-order valence-electron chi connectivity index (χ4n) is 10.7. The maximum Gasteiger partial charge on any atom is 0.268 e. The van der Waals surface area contributed by atoms with Crippen molar-refractivity contribution >= 4 is 13.7 Å². The van der Waals surface area contributed by atoms with Crippen molar-refractivity contribution in [1.29, 1.82) is 0 Å². The first-order chi connectivity index (χ1) is 45.0. The van der Waals surface area contributed by atoms with Crippen molar-refractivity contribution in [2.24, 2.45) is 0 Å². The van der Waals surface area contributed by atoms with Gasteiger partial charge in [0.05, 0.1) is 39.9 Å². The summed E-state index contributed by atoms with van der Waals surface area (Å²) in [6, 6.07) is -0.921. The second-order valence-electron chi connectivity index (χ2n) is 26.6. The van der Waals surface area contributed by atoms with Crippen molar-refractivity contribution in [2.45, 2.75) is 334 Å². The number of nitrogens with zero attached hydrogens (tertiary/aromatic N) is 1. The predicted octanol–water partition coefficient (Wildman–Crippen LogP) is 24.5. The smallest absolute Gasteiger partial charge is 0.268 e. The molecule has 3 atom stereocenters. The Morgan fingerprint density at radius 1 is 0.391 bits per heavy atom. The van der Waals surface area contributed by atoms with Crippen LogP contribution in [0.15, 0.2) is 146 Å². The van der Waals surface area contributed by atoms with Crippen molar-refractivity contribution in [1.82, 2.24) is 5.32 Å². The van der Waals surface area contributed by atoms with E-state index in [9.17, 15) is 19.4 Å². The zero-order valence-corrected chi connectivity index (χ0v) is 61.4. The lowest BCUT2D eigenvalue weighted by Crippen LogP contribution is -2.45. The highest BCUT2D eigenvalue weighted by atomic mass is 31.2. The van der Waals surface area contributed by atoms with E-state index in [0.29, 0.717) is 17.4 Å². The van der Waals surface area contributed by atoms with Crippen molar-refractivity contribution in [3.63, 3.8) is 0 Å². The van der Waals surface area contributed by atoms with Crippen LogP contribution in [0.4, 0.5) is 0 Å². The molecule has 528 valence electrons. The van der Waals surface area contributed by atoms with Crippen LogP contribution >= 0.6 is 7.82 Å². The molecular formula is C83H145N2O6P. The third-order valence-corrected chi connectivity index (χ3v) is 17.5. The lowest BCUT2D eigenvalue weighted by atomic mass is 10.0. The molecule has 92 heavy (non-hydrogen) atoms. The van der Waals surface area contributed by atoms with Gasteiger partial charge in [-0.25, -0.2) is 0 Å². The molecule has 0 bridgehead atoms. The minimum absolute atomic E-state index is 0.0148. The van der Waals surface area contributed by atoms with Crippen LogP contribution in [0.25, 0.3) is 0 Å². The van der Waals surface area contributed by atoms with Crippen LogP contribution in [0.5, 0.6) is 0 Å². The normalized spacial score (nSPS) is 14.4. The van der Waals surface area contributed by atoms with E-state index in [1.165, 1.54) is 186 Å². The molecule has 0 heterocycles. The quantitative estimate of drug-likeness (QED) is 0.0272. The average molecular weight is 1300 g/mol. The van der Waals surface area contributed by atoms with Crippen LogP contribution < -0.4 is 10.2 Å². The SMILES string of the molecule is CC/C=C\C/C=C\C/C=C\C/C=C\C/C=C\C/C=C\C/C=C\C/C=C\C/C=C\C/C=C\CCCCCCCCCCC(=O)NC(COP(=O)([O-])OCC[N+](C)(C)C)C(O)/C=C/CC/C=C/CCCCCCCCCCCCCCCCCCCCCCCCCCC. The fourth-order valence-corrected chi connectivity index (χ4v) is 11.4. The van der Waals surface area contributed by atoms with E-state index in [1.54, 1.807) is 6.08 Å². The maximum absolute atomic E-state index is 13.1. The monoisotopic (exact) mass is 1300 g/mol. The Labute approximate surface area is 569 Å². The molecule has 0 fully saturated rings. The summed E-state index contributed by atoms with van der Waals surface area (Å²) in [5.41, 5.74) is 0. The second kappa shape index (κ2) is 71.7. The zero-order chi connectivity index (χ0) is 66.9. The molecule has 0 saturated heterocycles. The summed E-state index contributed by atoms with van der Waals surface area (Å²) in [6.07, 6.45) is 110. The highest BCUT2D eigenvalue weighted by Crippen LogP contribution is 2.38. The number of quaternary nitrogens is 1. The van der Waals surface area contributed by atoms with Gasteiger partial charge in [-0.15, -0.1) is 0 Å². The highest BCUT2D eigenvalue weighted by molar-refractivity contribution is 7.45. The van der Waals surface area contributed by atoms with Crippen LogP contribution in [0.1, 0.15) is 322 Å². The number of phosphoric acid groups is 1. The number of allylic oxidation sites excluding steroid dienone is 23. The Kier molecular flexibility index (Phi) is 68.8. The van der Waals surface area contributed by atoms with E-state index in [2.05, 4.69) is 153 Å². The molecule has 2 N–H and O–H groups in total. The Balaban J connectivity index is 4.14. The van der Waals surface area contributed by atoms with Crippen molar-refractivity contribution < 1.29 is 32.9 Å². The Morgan fingerprint density at radius 2 is 0.674 bits per heavy atom. The number of hydrogen-bond donors (Lipinski definition) is 2. The Morgan fingerprint density at radius 3 is 1.01 bits per heavy atom. The highest BCUT2D eigenvalue weighted by Gasteiger charge is 2.23. The molecule has 0 spiro atoms. The minimum Gasteiger partial charge on any atom is -0.756 e. The van der Waals surface area contributed by atoms with Gasteiger partial charge in [-0.05, 0) is 109 Å². The molecule has 0 aromatic rings. The summed E-state index contributed by atoms with van der Waals surface area (Å²) >= 11 is 0. The second-order valence-corrected chi connectivity index (χ2v) is 28.0. The van der Waals surface area contributed by atoms with E-state index >= 15 is 0 Å². The van der Waals surface area contributed by atoms with Gasteiger partial charge in [-0.2, -0.15) is 0 Å². The average Bonchev–Trinajstić information content (AvgIpc) is 2.63. The first kappa shape index (κ1) is 88.4. The summed E-state index contributed by atoms with van der Waals surface area (Å²) in [5.74, 6) is -0.218. The molecule has 0 rings (SSSR count). The van der Waals surface area contributed by atoms with E-state index in [0.717, 1.165) is 116 Å². The van der Waals surface area contributed by atoms with Gasteiger partial charge in [0.2, 0.25) is 5.91 Å². The first-order valence-electron chi connectivity index (χ1n) is 38.2. The maximum atomic E-state index is 13.1. The number of amides is 1.